The van der Waals surface area contributed by atoms with Gasteiger partial charge in [-0.05, 0) is 0 Å². The van der Waals surface area contributed by atoms with Crippen molar-refractivity contribution in [2.75, 3.05) is 20.8 Å². The molecule has 0 aromatic carbocycles. The summed E-state index contributed by atoms with van der Waals surface area (Å²) < 4.78 is 30.3. The molecule has 6 heteroatoms. The van der Waals surface area contributed by atoms with Crippen LogP contribution in [0.15, 0.2) is 0 Å². The quantitative estimate of drug-likeness (QED) is 0.355. The average Bonchev–Trinajstić information content (AvgIpc) is 2.14. The molecule has 0 spiro atoms. The summed E-state index contributed by atoms with van der Waals surface area (Å²) in [7, 11) is 2.82. The summed E-state index contributed by atoms with van der Waals surface area (Å²) in [5, 5.41) is 0. The van der Waals surface area contributed by atoms with Crippen molar-refractivity contribution in [2.45, 2.75) is 26.2 Å². The predicted molar refractivity (Wildman–Crippen MR) is 40.4 cm³/mol. The SMILES string of the molecule is CCCC[O][Ti](=[O])[O]C(OC)OC. The van der Waals surface area contributed by atoms with Crippen molar-refractivity contribution >= 4 is 0 Å². The maximum absolute atomic E-state index is 11.1. The first-order valence-electron chi connectivity index (χ1n) is 4.13. The molecule has 0 saturated carbocycles. The summed E-state index contributed by atoms with van der Waals surface area (Å²) in [6.45, 7) is 1.62. The molecule has 0 atom stereocenters. The molecule has 0 radical (unpaired) electrons. The third kappa shape index (κ3) is 7.43. The Morgan fingerprint density at radius 3 is 2.38 bits per heavy atom. The number of hydrogen-bond acceptors (Lipinski definition) is 5. The average molecular weight is 228 g/mol. The Kier molecular flexibility index (Phi) is 9.17. The third-order valence-corrected chi connectivity index (χ3v) is 2.58. The van der Waals surface area contributed by atoms with E-state index in [9.17, 15) is 3.32 Å². The zero-order chi connectivity index (χ0) is 10.1. The normalized spacial score (nSPS) is 10.8. The van der Waals surface area contributed by atoms with Crippen LogP contribution in [0.2, 0.25) is 0 Å². The Balaban J connectivity index is 3.48. The first-order valence-corrected chi connectivity index (χ1v) is 6.04. The molecule has 78 valence electrons. The van der Waals surface area contributed by atoms with E-state index in [2.05, 4.69) is 0 Å². The molecule has 0 fully saturated rings. The van der Waals surface area contributed by atoms with Crippen LogP contribution in [0, 0.1) is 0 Å². The van der Waals surface area contributed by atoms with Crippen molar-refractivity contribution < 1.29 is 38.1 Å². The molecular weight excluding hydrogens is 212 g/mol. The molecule has 0 rings (SSSR count). The minimum atomic E-state index is -3.08. The van der Waals surface area contributed by atoms with Crippen molar-refractivity contribution in [3.8, 4) is 0 Å². The van der Waals surface area contributed by atoms with Gasteiger partial charge in [0.15, 0.2) is 0 Å². The molecule has 0 amide bonds. The van der Waals surface area contributed by atoms with Crippen molar-refractivity contribution in [3.05, 3.63) is 0 Å². The summed E-state index contributed by atoms with van der Waals surface area (Å²) in [6.07, 6.45) is 1.89. The molecule has 0 heterocycles. The molecule has 5 nitrogen and oxygen atoms in total. The van der Waals surface area contributed by atoms with Crippen molar-refractivity contribution in [1.82, 2.24) is 0 Å². The molecule has 0 aliphatic heterocycles. The van der Waals surface area contributed by atoms with Crippen LogP contribution in [0.1, 0.15) is 19.8 Å². The van der Waals surface area contributed by atoms with E-state index in [1.54, 1.807) is 0 Å². The summed E-state index contributed by atoms with van der Waals surface area (Å²) in [4.78, 5) is 0. The van der Waals surface area contributed by atoms with Crippen LogP contribution in [0.4, 0.5) is 0 Å². The third-order valence-electron chi connectivity index (χ3n) is 1.30. The van der Waals surface area contributed by atoms with Gasteiger partial charge in [0.25, 0.3) is 0 Å². The molecule has 0 aliphatic rings. The summed E-state index contributed by atoms with van der Waals surface area (Å²) in [5.74, 6) is 0. The fourth-order valence-corrected chi connectivity index (χ4v) is 1.74. The van der Waals surface area contributed by atoms with E-state index in [4.69, 9.17) is 16.1 Å². The van der Waals surface area contributed by atoms with Gasteiger partial charge in [-0.1, -0.05) is 0 Å². The van der Waals surface area contributed by atoms with Gasteiger partial charge in [-0.2, -0.15) is 0 Å². The standard InChI is InChI=1S/C4H9O.C3H7O3.O.Ti/c1-2-3-4-5;1-5-3(4)6-2;;/h2-4H2,1H3;3H,1-2H3;;/q2*-1;;+2. The monoisotopic (exact) mass is 228 g/mol. The number of hydrogen-bond donors (Lipinski definition) is 0. The zero-order valence-electron chi connectivity index (χ0n) is 8.24. The van der Waals surface area contributed by atoms with Crippen molar-refractivity contribution in [2.24, 2.45) is 0 Å². The van der Waals surface area contributed by atoms with Crippen molar-refractivity contribution in [1.29, 1.82) is 0 Å². The molecule has 0 aliphatic carbocycles. The van der Waals surface area contributed by atoms with Crippen LogP contribution in [-0.2, 0) is 38.1 Å². The molecular formula is C7H16O5Ti. The second-order valence-electron chi connectivity index (χ2n) is 2.33. The Labute approximate surface area is 85.4 Å². The maximum atomic E-state index is 11.1. The van der Waals surface area contributed by atoms with Crippen LogP contribution >= 0.6 is 0 Å². The van der Waals surface area contributed by atoms with Gasteiger partial charge in [0.2, 0.25) is 0 Å². The molecule has 0 aromatic rings. The van der Waals surface area contributed by atoms with E-state index < -0.39 is 25.1 Å². The van der Waals surface area contributed by atoms with Gasteiger partial charge in [-0.25, -0.2) is 0 Å². The summed E-state index contributed by atoms with van der Waals surface area (Å²) in [6, 6.07) is 0. The van der Waals surface area contributed by atoms with Gasteiger partial charge < -0.3 is 0 Å². The van der Waals surface area contributed by atoms with E-state index in [1.165, 1.54) is 14.2 Å². The number of methoxy groups -OCH3 is 2. The van der Waals surface area contributed by atoms with E-state index in [1.807, 2.05) is 6.92 Å². The van der Waals surface area contributed by atoms with Gasteiger partial charge in [-0.3, -0.25) is 0 Å². The van der Waals surface area contributed by atoms with Crippen LogP contribution in [0.3, 0.4) is 0 Å². The molecule has 13 heavy (non-hydrogen) atoms. The Morgan fingerprint density at radius 2 is 1.92 bits per heavy atom. The fraction of sp³-hybridized carbons (Fsp3) is 1.00. The van der Waals surface area contributed by atoms with Crippen molar-refractivity contribution in [3.63, 3.8) is 0 Å². The number of rotatable bonds is 8. The number of unbranched alkanes of at least 4 members (excludes halogenated alkanes) is 1. The van der Waals surface area contributed by atoms with Crippen LogP contribution in [0.5, 0.6) is 0 Å². The Bertz CT molecular complexity index is 137. The predicted octanol–water partition coefficient (Wildman–Crippen LogP) is 1.19. The van der Waals surface area contributed by atoms with Crippen LogP contribution in [0.25, 0.3) is 0 Å². The summed E-state index contributed by atoms with van der Waals surface area (Å²) >= 11 is -3.08. The second-order valence-corrected chi connectivity index (χ2v) is 3.93. The first kappa shape index (κ1) is 13.4. The Morgan fingerprint density at radius 1 is 1.31 bits per heavy atom. The van der Waals surface area contributed by atoms with Crippen LogP contribution < -0.4 is 0 Å². The van der Waals surface area contributed by atoms with Gasteiger partial charge in [-0.15, -0.1) is 0 Å². The van der Waals surface area contributed by atoms with E-state index in [0.29, 0.717) is 6.61 Å². The molecule has 0 unspecified atom stereocenters. The van der Waals surface area contributed by atoms with Crippen LogP contribution in [-0.4, -0.2) is 27.3 Å². The van der Waals surface area contributed by atoms with Gasteiger partial charge in [0, 0.05) is 0 Å². The van der Waals surface area contributed by atoms with E-state index in [-0.39, 0.29) is 0 Å². The first-order chi connectivity index (χ1) is 6.24. The number of ether oxygens (including phenoxy) is 2. The summed E-state index contributed by atoms with van der Waals surface area (Å²) in [5.41, 5.74) is 0. The molecule has 0 saturated heterocycles. The topological polar surface area (TPSA) is 54.0 Å². The molecule has 0 aromatic heterocycles. The van der Waals surface area contributed by atoms with E-state index in [0.717, 1.165) is 12.8 Å². The van der Waals surface area contributed by atoms with Gasteiger partial charge >= 0.3 is 85.1 Å². The minimum absolute atomic E-state index is 0.468. The molecule has 0 bridgehead atoms. The molecule has 0 N–H and O–H groups in total. The zero-order valence-corrected chi connectivity index (χ0v) is 9.80. The second kappa shape index (κ2) is 8.93. The fourth-order valence-electron chi connectivity index (χ4n) is 0.605. The van der Waals surface area contributed by atoms with E-state index >= 15 is 0 Å². The Hall–Kier alpha value is 0.354. The van der Waals surface area contributed by atoms with Gasteiger partial charge in [0.1, 0.15) is 0 Å². The van der Waals surface area contributed by atoms with Gasteiger partial charge in [0.05, 0.1) is 0 Å².